The Labute approximate surface area is 186 Å². The largest absolute Gasteiger partial charge is 0.493 e. The Morgan fingerprint density at radius 3 is 2.26 bits per heavy atom. The van der Waals surface area contributed by atoms with E-state index in [0.29, 0.717) is 18.6 Å². The molecule has 1 aliphatic heterocycles. The standard InChI is InChI=1S/C26H36N2O3/c1-29-24-17-22(23(18-25(24)30-2)31-19-20-9-5-3-6-10-20)26(21-11-7-4-8-12-21)28-15-13-27-14-16-28/h3,5-6,9-10,17-18,21,26-27H,4,7-8,11-16,19H2,1-2H3/t26-/m1/s1. The third-order valence-corrected chi connectivity index (χ3v) is 6.71. The van der Waals surface area contributed by atoms with Gasteiger partial charge in [-0.3, -0.25) is 4.90 Å². The number of ether oxygens (including phenoxy) is 3. The Kier molecular flexibility index (Phi) is 7.71. The van der Waals surface area contributed by atoms with Crippen molar-refractivity contribution >= 4 is 0 Å². The maximum absolute atomic E-state index is 6.45. The average molecular weight is 425 g/mol. The first-order chi connectivity index (χ1) is 15.3. The molecular weight excluding hydrogens is 388 g/mol. The molecule has 0 radical (unpaired) electrons. The van der Waals surface area contributed by atoms with Crippen molar-refractivity contribution in [1.82, 2.24) is 10.2 Å². The molecule has 5 heteroatoms. The van der Waals surface area contributed by atoms with Crippen molar-refractivity contribution in [3.63, 3.8) is 0 Å². The number of hydrogen-bond acceptors (Lipinski definition) is 5. The summed E-state index contributed by atoms with van der Waals surface area (Å²) in [4.78, 5) is 2.66. The first-order valence-electron chi connectivity index (χ1n) is 11.7. The van der Waals surface area contributed by atoms with Crippen molar-refractivity contribution in [1.29, 1.82) is 0 Å². The molecule has 31 heavy (non-hydrogen) atoms. The molecule has 2 aliphatic rings. The first kappa shape index (κ1) is 22.0. The maximum atomic E-state index is 6.45. The van der Waals surface area contributed by atoms with Crippen LogP contribution in [0.3, 0.4) is 0 Å². The molecule has 0 unspecified atom stereocenters. The van der Waals surface area contributed by atoms with Crippen LogP contribution in [0.4, 0.5) is 0 Å². The van der Waals surface area contributed by atoms with Crippen LogP contribution in [0.15, 0.2) is 42.5 Å². The number of hydrogen-bond donors (Lipinski definition) is 1. The van der Waals surface area contributed by atoms with Gasteiger partial charge in [0.15, 0.2) is 11.5 Å². The molecule has 1 saturated carbocycles. The van der Waals surface area contributed by atoms with Gasteiger partial charge >= 0.3 is 0 Å². The molecule has 168 valence electrons. The molecule has 0 amide bonds. The fourth-order valence-corrected chi connectivity index (χ4v) is 5.13. The van der Waals surface area contributed by atoms with Gasteiger partial charge in [-0.2, -0.15) is 0 Å². The summed E-state index contributed by atoms with van der Waals surface area (Å²) in [5, 5.41) is 3.51. The average Bonchev–Trinajstić information content (AvgIpc) is 2.85. The van der Waals surface area contributed by atoms with Crippen LogP contribution in [0.2, 0.25) is 0 Å². The third-order valence-electron chi connectivity index (χ3n) is 6.71. The summed E-state index contributed by atoms with van der Waals surface area (Å²) in [5.74, 6) is 3.05. The molecule has 0 aromatic heterocycles. The third kappa shape index (κ3) is 5.34. The zero-order valence-corrected chi connectivity index (χ0v) is 18.9. The summed E-state index contributed by atoms with van der Waals surface area (Å²) in [6, 6.07) is 14.9. The summed E-state index contributed by atoms with van der Waals surface area (Å²) >= 11 is 0. The number of benzene rings is 2. The summed E-state index contributed by atoms with van der Waals surface area (Å²) in [6.07, 6.45) is 6.55. The van der Waals surface area contributed by atoms with Crippen molar-refractivity contribution in [3.05, 3.63) is 53.6 Å². The van der Waals surface area contributed by atoms with Gasteiger partial charge in [0.25, 0.3) is 0 Å². The maximum Gasteiger partial charge on any atom is 0.164 e. The Bertz CT molecular complexity index is 797. The fraction of sp³-hybridized carbons (Fsp3) is 0.538. The fourth-order valence-electron chi connectivity index (χ4n) is 5.13. The molecule has 5 nitrogen and oxygen atoms in total. The van der Waals surface area contributed by atoms with Gasteiger partial charge in [0.1, 0.15) is 12.4 Å². The number of nitrogens with one attached hydrogen (secondary N) is 1. The monoisotopic (exact) mass is 424 g/mol. The van der Waals surface area contributed by atoms with Crippen molar-refractivity contribution in [2.75, 3.05) is 40.4 Å². The molecule has 0 spiro atoms. The van der Waals surface area contributed by atoms with Gasteiger partial charge in [0.2, 0.25) is 0 Å². The lowest BCUT2D eigenvalue weighted by Gasteiger charge is -2.41. The predicted octanol–water partition coefficient (Wildman–Crippen LogP) is 4.81. The lowest BCUT2D eigenvalue weighted by Crippen LogP contribution is -2.47. The second-order valence-corrected chi connectivity index (χ2v) is 8.65. The van der Waals surface area contributed by atoms with E-state index in [1.165, 1.54) is 43.2 Å². The van der Waals surface area contributed by atoms with Gasteiger partial charge in [-0.05, 0) is 30.4 Å². The summed E-state index contributed by atoms with van der Waals surface area (Å²) in [5.41, 5.74) is 2.40. The normalized spacial score (nSPS) is 19.0. The molecule has 2 aromatic rings. The van der Waals surface area contributed by atoms with Crippen molar-refractivity contribution in [2.24, 2.45) is 5.92 Å². The van der Waals surface area contributed by atoms with E-state index in [1.807, 2.05) is 12.1 Å². The summed E-state index contributed by atoms with van der Waals surface area (Å²) in [6.45, 7) is 4.75. The van der Waals surface area contributed by atoms with Gasteiger partial charge in [-0.25, -0.2) is 0 Å². The van der Waals surface area contributed by atoms with Gasteiger partial charge in [-0.15, -0.1) is 0 Å². The summed E-state index contributed by atoms with van der Waals surface area (Å²) in [7, 11) is 3.40. The highest BCUT2D eigenvalue weighted by Crippen LogP contribution is 2.45. The van der Waals surface area contributed by atoms with Crippen molar-refractivity contribution in [3.8, 4) is 17.2 Å². The zero-order chi connectivity index (χ0) is 21.5. The molecule has 0 bridgehead atoms. The Balaban J connectivity index is 1.71. The van der Waals surface area contributed by atoms with Crippen LogP contribution < -0.4 is 19.5 Å². The second kappa shape index (κ2) is 10.9. The Hall–Kier alpha value is -2.24. The lowest BCUT2D eigenvalue weighted by molar-refractivity contribution is 0.0998. The van der Waals surface area contributed by atoms with E-state index in [2.05, 4.69) is 40.5 Å². The molecule has 4 rings (SSSR count). The highest BCUT2D eigenvalue weighted by molar-refractivity contribution is 5.52. The number of nitrogens with zero attached hydrogens (tertiary/aromatic N) is 1. The van der Waals surface area contributed by atoms with E-state index < -0.39 is 0 Å². The highest BCUT2D eigenvalue weighted by atomic mass is 16.5. The summed E-state index contributed by atoms with van der Waals surface area (Å²) < 4.78 is 17.8. The van der Waals surface area contributed by atoms with E-state index in [1.54, 1.807) is 14.2 Å². The lowest BCUT2D eigenvalue weighted by atomic mass is 9.79. The second-order valence-electron chi connectivity index (χ2n) is 8.65. The van der Waals surface area contributed by atoms with Crippen molar-refractivity contribution < 1.29 is 14.2 Å². The van der Waals surface area contributed by atoms with Crippen LogP contribution in [0.1, 0.15) is 49.3 Å². The van der Waals surface area contributed by atoms with Crippen LogP contribution in [0, 0.1) is 5.92 Å². The van der Waals surface area contributed by atoms with Crippen molar-refractivity contribution in [2.45, 2.75) is 44.8 Å². The molecule has 1 N–H and O–H groups in total. The van der Waals surface area contributed by atoms with Gasteiger partial charge in [-0.1, -0.05) is 49.6 Å². The number of rotatable bonds is 8. The van der Waals surface area contributed by atoms with Crippen LogP contribution in [-0.2, 0) is 6.61 Å². The molecule has 1 atom stereocenters. The van der Waals surface area contributed by atoms with Crippen LogP contribution in [-0.4, -0.2) is 45.3 Å². The minimum Gasteiger partial charge on any atom is -0.493 e. The molecular formula is C26H36N2O3. The van der Waals surface area contributed by atoms with Crippen LogP contribution >= 0.6 is 0 Å². The minimum absolute atomic E-state index is 0.341. The highest BCUT2D eigenvalue weighted by Gasteiger charge is 2.34. The first-order valence-corrected chi connectivity index (χ1v) is 11.7. The molecule has 2 aromatic carbocycles. The number of methoxy groups -OCH3 is 2. The van der Waals surface area contributed by atoms with Gasteiger partial charge in [0.05, 0.1) is 14.2 Å². The smallest absolute Gasteiger partial charge is 0.164 e. The predicted molar refractivity (Wildman–Crippen MR) is 124 cm³/mol. The SMILES string of the molecule is COc1cc(OCc2ccccc2)c([C@@H](C2CCCCC2)N2CCNCC2)cc1OC. The van der Waals surface area contributed by atoms with E-state index >= 15 is 0 Å². The Morgan fingerprint density at radius 2 is 1.58 bits per heavy atom. The van der Waals surface area contributed by atoms with E-state index in [-0.39, 0.29) is 0 Å². The number of piperazine rings is 1. The van der Waals surface area contributed by atoms with Gasteiger partial charge < -0.3 is 19.5 Å². The quantitative estimate of drug-likeness (QED) is 0.659. The minimum atomic E-state index is 0.341. The Morgan fingerprint density at radius 1 is 0.903 bits per heavy atom. The van der Waals surface area contributed by atoms with Crippen LogP contribution in [0.25, 0.3) is 0 Å². The zero-order valence-electron chi connectivity index (χ0n) is 18.9. The van der Waals surface area contributed by atoms with E-state index in [0.717, 1.165) is 43.4 Å². The van der Waals surface area contributed by atoms with Crippen LogP contribution in [0.5, 0.6) is 17.2 Å². The molecule has 2 fully saturated rings. The topological polar surface area (TPSA) is 43.0 Å². The molecule has 1 aliphatic carbocycles. The van der Waals surface area contributed by atoms with Gasteiger partial charge in [0, 0.05) is 43.9 Å². The van der Waals surface area contributed by atoms with E-state index in [9.17, 15) is 0 Å². The molecule has 1 heterocycles. The molecule has 1 saturated heterocycles. The van der Waals surface area contributed by atoms with E-state index in [4.69, 9.17) is 14.2 Å².